The number of amides is 1. The van der Waals surface area contributed by atoms with Gasteiger partial charge in [-0.25, -0.2) is 0 Å². The fourth-order valence-electron chi connectivity index (χ4n) is 1.27. The molecule has 0 atom stereocenters. The molecule has 0 aliphatic carbocycles. The largest absolute Gasteiger partial charge is 0.352 e. The second-order valence-electron chi connectivity index (χ2n) is 3.48. The highest BCUT2D eigenvalue weighted by Gasteiger charge is 2.00. The summed E-state index contributed by atoms with van der Waals surface area (Å²) in [5.41, 5.74) is 1.13. The summed E-state index contributed by atoms with van der Waals surface area (Å²) >= 11 is 1.72. The van der Waals surface area contributed by atoms with Crippen LogP contribution in [-0.2, 0) is 11.3 Å². The number of benzene rings is 1. The van der Waals surface area contributed by atoms with Gasteiger partial charge in [-0.15, -0.1) is 11.8 Å². The van der Waals surface area contributed by atoms with E-state index in [1.165, 1.54) is 4.90 Å². The van der Waals surface area contributed by atoms with E-state index in [0.29, 0.717) is 13.0 Å². The minimum Gasteiger partial charge on any atom is -0.352 e. The van der Waals surface area contributed by atoms with Gasteiger partial charge in [-0.1, -0.05) is 12.1 Å². The lowest BCUT2D eigenvalue weighted by Crippen LogP contribution is -2.26. The van der Waals surface area contributed by atoms with Gasteiger partial charge in [-0.3, -0.25) is 4.79 Å². The van der Waals surface area contributed by atoms with Gasteiger partial charge in [0.2, 0.25) is 5.91 Å². The molecule has 0 aliphatic rings. The molecule has 88 valence electrons. The fourth-order valence-corrected chi connectivity index (χ4v) is 1.68. The number of carbonyl (C=O) groups excluding carboxylic acids is 1. The zero-order valence-electron chi connectivity index (χ0n) is 9.75. The minimum absolute atomic E-state index is 0.0864. The predicted molar refractivity (Wildman–Crippen MR) is 68.6 cm³/mol. The lowest BCUT2D eigenvalue weighted by atomic mass is 10.2. The van der Waals surface area contributed by atoms with Gasteiger partial charge in [-0.2, -0.15) is 0 Å². The number of carbonyl (C=O) groups is 1. The Morgan fingerprint density at radius 1 is 1.31 bits per heavy atom. The molecular weight excluding hydrogens is 220 g/mol. The molecule has 16 heavy (non-hydrogen) atoms. The van der Waals surface area contributed by atoms with Crippen molar-refractivity contribution in [2.75, 3.05) is 19.8 Å². The van der Waals surface area contributed by atoms with Gasteiger partial charge in [-0.05, 0) is 31.0 Å². The number of hydrogen-bond acceptors (Lipinski definition) is 3. The monoisotopic (exact) mass is 238 g/mol. The first-order valence-corrected chi connectivity index (χ1v) is 6.53. The minimum atomic E-state index is 0.0864. The van der Waals surface area contributed by atoms with Crippen molar-refractivity contribution >= 4 is 17.7 Å². The van der Waals surface area contributed by atoms with Gasteiger partial charge in [0.1, 0.15) is 0 Å². The fraction of sp³-hybridized carbons (Fsp3) is 0.417. The van der Waals surface area contributed by atoms with E-state index in [1.807, 2.05) is 19.2 Å². The quantitative estimate of drug-likeness (QED) is 0.740. The molecule has 0 unspecified atom stereocenters. The maximum absolute atomic E-state index is 11.3. The Labute approximate surface area is 101 Å². The zero-order chi connectivity index (χ0) is 11.8. The zero-order valence-corrected chi connectivity index (χ0v) is 10.6. The molecule has 0 saturated heterocycles. The van der Waals surface area contributed by atoms with Gasteiger partial charge in [0.15, 0.2) is 0 Å². The molecule has 4 heteroatoms. The molecule has 1 rings (SSSR count). The Kier molecular flexibility index (Phi) is 5.96. The van der Waals surface area contributed by atoms with Gasteiger partial charge in [0.05, 0.1) is 0 Å². The number of thioether (sulfide) groups is 1. The van der Waals surface area contributed by atoms with Gasteiger partial charge in [0.25, 0.3) is 0 Å². The van der Waals surface area contributed by atoms with Crippen molar-refractivity contribution < 1.29 is 4.79 Å². The van der Waals surface area contributed by atoms with Gasteiger partial charge >= 0.3 is 0 Å². The normalized spacial score (nSPS) is 10.1. The summed E-state index contributed by atoms with van der Waals surface area (Å²) in [4.78, 5) is 12.6. The van der Waals surface area contributed by atoms with E-state index < -0.39 is 0 Å². The molecular formula is C12H18N2OS. The third kappa shape index (κ3) is 4.68. The Balaban J connectivity index is 2.33. The Hall–Kier alpha value is -1.00. The first kappa shape index (κ1) is 13.1. The highest BCUT2D eigenvalue weighted by molar-refractivity contribution is 7.98. The lowest BCUT2D eigenvalue weighted by Gasteiger charge is -2.05. The summed E-state index contributed by atoms with van der Waals surface area (Å²) in [6, 6.07) is 8.23. The number of nitrogens with one attached hydrogen (secondary N) is 2. The van der Waals surface area contributed by atoms with E-state index in [1.54, 1.807) is 11.8 Å². The van der Waals surface area contributed by atoms with Crippen molar-refractivity contribution in [2.45, 2.75) is 17.9 Å². The van der Waals surface area contributed by atoms with Crippen molar-refractivity contribution in [3.63, 3.8) is 0 Å². The van der Waals surface area contributed by atoms with E-state index in [2.05, 4.69) is 29.0 Å². The molecule has 0 radical (unpaired) electrons. The third-order valence-corrected chi connectivity index (χ3v) is 2.99. The maximum Gasteiger partial charge on any atom is 0.221 e. The molecule has 0 saturated carbocycles. The smallest absolute Gasteiger partial charge is 0.221 e. The summed E-state index contributed by atoms with van der Waals surface area (Å²) < 4.78 is 0. The molecule has 0 heterocycles. The van der Waals surface area contributed by atoms with Crippen LogP contribution in [0, 0.1) is 0 Å². The van der Waals surface area contributed by atoms with Crippen LogP contribution in [0.5, 0.6) is 0 Å². The van der Waals surface area contributed by atoms with Crippen LogP contribution >= 0.6 is 11.8 Å². The average molecular weight is 238 g/mol. The summed E-state index contributed by atoms with van der Waals surface area (Å²) in [5, 5.41) is 5.83. The standard InChI is InChI=1S/C12H18N2OS/c1-13-8-7-12(15)14-9-10-3-5-11(16-2)6-4-10/h3-6,13H,7-9H2,1-2H3,(H,14,15). The summed E-state index contributed by atoms with van der Waals surface area (Å²) in [6.45, 7) is 1.33. The van der Waals surface area contributed by atoms with Gasteiger partial charge < -0.3 is 10.6 Å². The molecule has 1 aromatic carbocycles. The first-order valence-electron chi connectivity index (χ1n) is 5.30. The maximum atomic E-state index is 11.3. The van der Waals surface area contributed by atoms with E-state index in [9.17, 15) is 4.79 Å². The van der Waals surface area contributed by atoms with Crippen molar-refractivity contribution in [2.24, 2.45) is 0 Å². The number of hydrogen-bond donors (Lipinski definition) is 2. The van der Waals surface area contributed by atoms with Crippen LogP contribution in [0.2, 0.25) is 0 Å². The van der Waals surface area contributed by atoms with E-state index >= 15 is 0 Å². The van der Waals surface area contributed by atoms with E-state index in [-0.39, 0.29) is 5.91 Å². The molecule has 0 aliphatic heterocycles. The average Bonchev–Trinajstić information content (AvgIpc) is 2.34. The van der Waals surface area contributed by atoms with E-state index in [4.69, 9.17) is 0 Å². The van der Waals surface area contributed by atoms with Crippen LogP contribution in [0.15, 0.2) is 29.2 Å². The summed E-state index contributed by atoms with van der Waals surface area (Å²) in [7, 11) is 1.84. The first-order chi connectivity index (χ1) is 7.76. The molecule has 1 aromatic rings. The highest BCUT2D eigenvalue weighted by atomic mass is 32.2. The van der Waals surface area contributed by atoms with Crippen molar-refractivity contribution in [3.8, 4) is 0 Å². The van der Waals surface area contributed by atoms with Crippen LogP contribution in [0.1, 0.15) is 12.0 Å². The molecule has 0 aromatic heterocycles. The lowest BCUT2D eigenvalue weighted by molar-refractivity contribution is -0.121. The highest BCUT2D eigenvalue weighted by Crippen LogP contribution is 2.14. The van der Waals surface area contributed by atoms with Crippen LogP contribution in [0.25, 0.3) is 0 Å². The second kappa shape index (κ2) is 7.30. The van der Waals surface area contributed by atoms with Crippen LogP contribution in [0.3, 0.4) is 0 Å². The summed E-state index contributed by atoms with van der Waals surface area (Å²) in [5.74, 6) is 0.0864. The SMILES string of the molecule is CNCCC(=O)NCc1ccc(SC)cc1. The third-order valence-electron chi connectivity index (χ3n) is 2.25. The molecule has 0 bridgehead atoms. The molecule has 2 N–H and O–H groups in total. The van der Waals surface area contributed by atoms with E-state index in [0.717, 1.165) is 12.1 Å². The Morgan fingerprint density at radius 2 is 2.00 bits per heavy atom. The van der Waals surface area contributed by atoms with Crippen LogP contribution < -0.4 is 10.6 Å². The Morgan fingerprint density at radius 3 is 2.56 bits per heavy atom. The van der Waals surface area contributed by atoms with Gasteiger partial charge in [0, 0.05) is 24.4 Å². The summed E-state index contributed by atoms with van der Waals surface area (Å²) in [6.07, 6.45) is 2.58. The van der Waals surface area contributed by atoms with Crippen molar-refractivity contribution in [1.29, 1.82) is 0 Å². The van der Waals surface area contributed by atoms with Crippen molar-refractivity contribution in [3.05, 3.63) is 29.8 Å². The topological polar surface area (TPSA) is 41.1 Å². The second-order valence-corrected chi connectivity index (χ2v) is 4.36. The van der Waals surface area contributed by atoms with Crippen molar-refractivity contribution in [1.82, 2.24) is 10.6 Å². The molecule has 3 nitrogen and oxygen atoms in total. The molecule has 0 spiro atoms. The van der Waals surface area contributed by atoms with Crippen LogP contribution in [-0.4, -0.2) is 25.8 Å². The molecule has 0 fully saturated rings. The van der Waals surface area contributed by atoms with Crippen LogP contribution in [0.4, 0.5) is 0 Å². The number of rotatable bonds is 6. The Bertz CT molecular complexity index is 324. The predicted octanol–water partition coefficient (Wildman–Crippen LogP) is 1.63. The molecule has 1 amide bonds.